The third kappa shape index (κ3) is 3.44. The number of hydrogen-bond donors (Lipinski definition) is 0. The second-order valence-electron chi connectivity index (χ2n) is 7.23. The fourth-order valence-electron chi connectivity index (χ4n) is 4.09. The third-order valence-electron chi connectivity index (χ3n) is 5.66. The number of hydrogen-bond acceptors (Lipinski definition) is 5. The standard InChI is InChI=1S/C23H25N3O3/c1-3-25(4-2)14-7-15-26-20(16-10-12-24-13-11-16)19-21(27)17-8-5-6-9-18(17)29-22(19)23(26)28/h5-6,8-13,20H,3-4,7,14-15H2,1-2H3/t20-/m0/s1. The second-order valence-corrected chi connectivity index (χ2v) is 7.23. The number of carbonyl (C=O) groups is 1. The maximum atomic E-state index is 13.3. The van der Waals surface area contributed by atoms with Gasteiger partial charge in [-0.1, -0.05) is 26.0 Å². The molecule has 1 aliphatic heterocycles. The summed E-state index contributed by atoms with van der Waals surface area (Å²) in [4.78, 5) is 34.7. The topological polar surface area (TPSA) is 66.7 Å². The highest BCUT2D eigenvalue weighted by atomic mass is 16.3. The predicted molar refractivity (Wildman–Crippen MR) is 112 cm³/mol. The van der Waals surface area contributed by atoms with E-state index in [-0.39, 0.29) is 17.1 Å². The summed E-state index contributed by atoms with van der Waals surface area (Å²) in [6.45, 7) is 7.68. The number of nitrogens with zero attached hydrogens (tertiary/aromatic N) is 3. The van der Waals surface area contributed by atoms with Crippen LogP contribution in [0.4, 0.5) is 0 Å². The monoisotopic (exact) mass is 391 g/mol. The molecule has 0 saturated heterocycles. The van der Waals surface area contributed by atoms with Crippen molar-refractivity contribution in [1.82, 2.24) is 14.8 Å². The highest BCUT2D eigenvalue weighted by molar-refractivity contribution is 5.99. The van der Waals surface area contributed by atoms with Gasteiger partial charge in [-0.3, -0.25) is 14.6 Å². The van der Waals surface area contributed by atoms with Gasteiger partial charge in [-0.05, 0) is 55.9 Å². The molecule has 0 N–H and O–H groups in total. The van der Waals surface area contributed by atoms with Gasteiger partial charge in [-0.25, -0.2) is 0 Å². The van der Waals surface area contributed by atoms with Crippen molar-refractivity contribution in [1.29, 1.82) is 0 Å². The van der Waals surface area contributed by atoms with Crippen molar-refractivity contribution >= 4 is 16.9 Å². The van der Waals surface area contributed by atoms with Crippen LogP contribution in [0.1, 0.15) is 48.0 Å². The molecular weight excluding hydrogens is 366 g/mol. The van der Waals surface area contributed by atoms with Crippen LogP contribution in [-0.4, -0.2) is 46.9 Å². The molecule has 0 unspecified atom stereocenters. The predicted octanol–water partition coefficient (Wildman–Crippen LogP) is 3.47. The molecule has 6 nitrogen and oxygen atoms in total. The van der Waals surface area contributed by atoms with Gasteiger partial charge in [0.2, 0.25) is 5.76 Å². The van der Waals surface area contributed by atoms with Crippen molar-refractivity contribution in [2.75, 3.05) is 26.2 Å². The normalized spacial score (nSPS) is 16.0. The summed E-state index contributed by atoms with van der Waals surface area (Å²) < 4.78 is 5.93. The first kappa shape index (κ1) is 19.3. The molecule has 150 valence electrons. The zero-order valence-electron chi connectivity index (χ0n) is 16.8. The van der Waals surface area contributed by atoms with E-state index < -0.39 is 6.04 Å². The summed E-state index contributed by atoms with van der Waals surface area (Å²) in [5.74, 6) is -0.0532. The Morgan fingerprint density at radius 3 is 2.52 bits per heavy atom. The quantitative estimate of drug-likeness (QED) is 0.617. The first-order valence-corrected chi connectivity index (χ1v) is 10.1. The van der Waals surface area contributed by atoms with E-state index in [1.165, 1.54) is 0 Å². The fraction of sp³-hybridized carbons (Fsp3) is 0.348. The van der Waals surface area contributed by atoms with Crippen LogP contribution in [0, 0.1) is 0 Å². The second kappa shape index (κ2) is 8.17. The van der Waals surface area contributed by atoms with Crippen molar-refractivity contribution in [3.8, 4) is 0 Å². The van der Waals surface area contributed by atoms with Crippen LogP contribution in [0.15, 0.2) is 58.0 Å². The summed E-state index contributed by atoms with van der Waals surface area (Å²) in [5.41, 5.74) is 1.62. The Labute approximate surface area is 169 Å². The molecule has 6 heteroatoms. The molecule has 1 atom stereocenters. The van der Waals surface area contributed by atoms with Crippen molar-refractivity contribution in [3.05, 3.63) is 75.9 Å². The molecule has 3 aromatic rings. The van der Waals surface area contributed by atoms with E-state index in [0.717, 1.165) is 31.6 Å². The lowest BCUT2D eigenvalue weighted by molar-refractivity contribution is 0.0720. The van der Waals surface area contributed by atoms with Gasteiger partial charge >= 0.3 is 0 Å². The Morgan fingerprint density at radius 2 is 1.79 bits per heavy atom. The molecular formula is C23H25N3O3. The van der Waals surface area contributed by atoms with Crippen LogP contribution in [0.3, 0.4) is 0 Å². The van der Waals surface area contributed by atoms with Crippen LogP contribution in [0.5, 0.6) is 0 Å². The van der Waals surface area contributed by atoms with Crippen LogP contribution in [0.2, 0.25) is 0 Å². The maximum absolute atomic E-state index is 13.3. The van der Waals surface area contributed by atoms with E-state index in [4.69, 9.17) is 4.42 Å². The number of rotatable bonds is 7. The average Bonchev–Trinajstić information content (AvgIpc) is 3.04. The lowest BCUT2D eigenvalue weighted by Gasteiger charge is -2.26. The number of pyridine rings is 1. The summed E-state index contributed by atoms with van der Waals surface area (Å²) >= 11 is 0. The number of para-hydroxylation sites is 1. The molecule has 1 aromatic carbocycles. The smallest absolute Gasteiger partial charge is 0.290 e. The molecule has 0 bridgehead atoms. The molecule has 0 aliphatic carbocycles. The molecule has 1 amide bonds. The van der Waals surface area contributed by atoms with Gasteiger partial charge in [0, 0.05) is 18.9 Å². The summed E-state index contributed by atoms with van der Waals surface area (Å²) in [5, 5.41) is 0.503. The molecule has 2 aromatic heterocycles. The molecule has 0 saturated carbocycles. The first-order chi connectivity index (χ1) is 14.2. The van der Waals surface area contributed by atoms with E-state index in [2.05, 4.69) is 23.7 Å². The highest BCUT2D eigenvalue weighted by Gasteiger charge is 2.42. The molecule has 0 spiro atoms. The Balaban J connectivity index is 1.77. The van der Waals surface area contributed by atoms with Gasteiger partial charge in [0.05, 0.1) is 17.0 Å². The average molecular weight is 391 g/mol. The van der Waals surface area contributed by atoms with Crippen molar-refractivity contribution in [2.24, 2.45) is 0 Å². The SMILES string of the molecule is CCN(CC)CCCN1C(=O)c2oc3ccccc3c(=O)c2[C@@H]1c1ccncc1. The van der Waals surface area contributed by atoms with E-state index in [1.54, 1.807) is 35.5 Å². The molecule has 29 heavy (non-hydrogen) atoms. The minimum Gasteiger partial charge on any atom is -0.450 e. The van der Waals surface area contributed by atoms with Crippen LogP contribution in [0.25, 0.3) is 11.0 Å². The number of aromatic nitrogens is 1. The van der Waals surface area contributed by atoms with Gasteiger partial charge in [-0.2, -0.15) is 0 Å². The molecule has 3 heterocycles. The molecule has 0 fully saturated rings. The van der Waals surface area contributed by atoms with Crippen LogP contribution < -0.4 is 5.43 Å². The molecule has 1 aliphatic rings. The molecule has 0 radical (unpaired) electrons. The number of amides is 1. The van der Waals surface area contributed by atoms with Crippen LogP contribution in [-0.2, 0) is 0 Å². The van der Waals surface area contributed by atoms with Gasteiger partial charge < -0.3 is 14.2 Å². The largest absolute Gasteiger partial charge is 0.450 e. The van der Waals surface area contributed by atoms with Gasteiger partial charge in [0.25, 0.3) is 5.91 Å². The summed E-state index contributed by atoms with van der Waals surface area (Å²) in [6, 6.07) is 10.4. The number of benzene rings is 1. The zero-order valence-corrected chi connectivity index (χ0v) is 16.8. The van der Waals surface area contributed by atoms with E-state index in [9.17, 15) is 9.59 Å². The van der Waals surface area contributed by atoms with E-state index in [1.807, 2.05) is 18.2 Å². The summed E-state index contributed by atoms with van der Waals surface area (Å²) in [6.07, 6.45) is 4.21. The maximum Gasteiger partial charge on any atom is 0.290 e. The van der Waals surface area contributed by atoms with E-state index >= 15 is 0 Å². The zero-order chi connectivity index (χ0) is 20.4. The van der Waals surface area contributed by atoms with Crippen molar-refractivity contribution in [3.63, 3.8) is 0 Å². The first-order valence-electron chi connectivity index (χ1n) is 10.1. The highest BCUT2D eigenvalue weighted by Crippen LogP contribution is 2.37. The minimum atomic E-state index is -0.446. The third-order valence-corrected chi connectivity index (χ3v) is 5.66. The molecule has 4 rings (SSSR count). The Hall–Kier alpha value is -2.99. The number of fused-ring (bicyclic) bond motifs is 2. The van der Waals surface area contributed by atoms with Crippen molar-refractivity contribution in [2.45, 2.75) is 26.3 Å². The minimum absolute atomic E-state index is 0.136. The van der Waals surface area contributed by atoms with E-state index in [0.29, 0.717) is 23.1 Å². The van der Waals surface area contributed by atoms with Gasteiger partial charge in [0.15, 0.2) is 5.43 Å². The lowest BCUT2D eigenvalue weighted by atomic mass is 9.99. The summed E-state index contributed by atoms with van der Waals surface area (Å²) in [7, 11) is 0. The van der Waals surface area contributed by atoms with Crippen molar-refractivity contribution < 1.29 is 9.21 Å². The Morgan fingerprint density at radius 1 is 1.07 bits per heavy atom. The lowest BCUT2D eigenvalue weighted by Crippen LogP contribution is -2.33. The van der Waals surface area contributed by atoms with Gasteiger partial charge in [-0.15, -0.1) is 0 Å². The fourth-order valence-corrected chi connectivity index (χ4v) is 4.09. The Bertz CT molecular complexity index is 1070. The van der Waals surface area contributed by atoms with Crippen LogP contribution >= 0.6 is 0 Å². The Kier molecular flexibility index (Phi) is 5.45. The van der Waals surface area contributed by atoms with Gasteiger partial charge in [0.1, 0.15) is 5.58 Å². The number of carbonyl (C=O) groups excluding carboxylic acids is 1.